The van der Waals surface area contributed by atoms with Gasteiger partial charge >= 0.3 is 0 Å². The monoisotopic (exact) mass is 553 g/mol. The SMILES string of the molecule is CN(c1cc(=O)n(C)c2ccc(C#N)nc12)C1CCC(N(CC2CCS(O)(O)CC2)c2ccc(F)cc2)CC1. The van der Waals surface area contributed by atoms with Crippen LogP contribution in [0.1, 0.15) is 44.2 Å². The number of rotatable bonds is 6. The molecular weight excluding hydrogens is 517 g/mol. The Morgan fingerprint density at radius 1 is 1.05 bits per heavy atom. The Kier molecular flexibility index (Phi) is 7.85. The third kappa shape index (κ3) is 5.91. The van der Waals surface area contributed by atoms with Crippen LogP contribution in [0, 0.1) is 23.1 Å². The number of hydrogen-bond acceptors (Lipinski definition) is 7. The van der Waals surface area contributed by atoms with E-state index in [2.05, 4.69) is 20.9 Å². The van der Waals surface area contributed by atoms with Crippen LogP contribution in [0.15, 0.2) is 47.3 Å². The zero-order valence-electron chi connectivity index (χ0n) is 22.5. The Hall–Kier alpha value is -3.13. The summed E-state index contributed by atoms with van der Waals surface area (Å²) in [6, 6.07) is 14.3. The van der Waals surface area contributed by atoms with E-state index in [0.717, 1.165) is 56.4 Å². The Bertz CT molecular complexity index is 1420. The maximum atomic E-state index is 13.7. The zero-order chi connectivity index (χ0) is 27.7. The van der Waals surface area contributed by atoms with E-state index in [-0.39, 0.29) is 23.5 Å². The van der Waals surface area contributed by atoms with Gasteiger partial charge in [0.1, 0.15) is 23.1 Å². The molecule has 2 fully saturated rings. The number of hydrogen-bond donors (Lipinski definition) is 2. The lowest BCUT2D eigenvalue weighted by atomic mass is 9.88. The molecule has 10 heteroatoms. The Labute approximate surface area is 230 Å². The molecule has 1 aliphatic carbocycles. The zero-order valence-corrected chi connectivity index (χ0v) is 23.3. The van der Waals surface area contributed by atoms with E-state index in [0.29, 0.717) is 34.2 Å². The van der Waals surface area contributed by atoms with Crippen LogP contribution in [0.5, 0.6) is 0 Å². The largest absolute Gasteiger partial charge is 0.370 e. The van der Waals surface area contributed by atoms with Crippen molar-refractivity contribution in [2.75, 3.05) is 34.9 Å². The van der Waals surface area contributed by atoms with Crippen LogP contribution >= 0.6 is 10.6 Å². The molecule has 0 radical (unpaired) electrons. The van der Waals surface area contributed by atoms with Crippen LogP contribution in [-0.4, -0.2) is 55.8 Å². The topological polar surface area (TPSA) is 106 Å². The van der Waals surface area contributed by atoms with Gasteiger partial charge in [0, 0.05) is 56.0 Å². The Morgan fingerprint density at radius 3 is 2.33 bits per heavy atom. The number of pyridine rings is 2. The normalized spacial score (nSPS) is 22.3. The summed E-state index contributed by atoms with van der Waals surface area (Å²) < 4.78 is 35.4. The summed E-state index contributed by atoms with van der Waals surface area (Å²) in [5, 5.41) is 9.39. The van der Waals surface area contributed by atoms with Gasteiger partial charge in [-0.2, -0.15) is 15.9 Å². The third-order valence-electron chi connectivity index (χ3n) is 8.54. The molecule has 8 nitrogen and oxygen atoms in total. The molecule has 0 bridgehead atoms. The number of nitriles is 1. The third-order valence-corrected chi connectivity index (χ3v) is 10.3. The fourth-order valence-electron chi connectivity index (χ4n) is 6.11. The molecule has 0 unspecified atom stereocenters. The van der Waals surface area contributed by atoms with E-state index in [1.807, 2.05) is 19.2 Å². The van der Waals surface area contributed by atoms with Gasteiger partial charge in [0.15, 0.2) is 0 Å². The van der Waals surface area contributed by atoms with E-state index in [1.54, 1.807) is 29.8 Å². The lowest BCUT2D eigenvalue weighted by Gasteiger charge is -2.45. The minimum Gasteiger partial charge on any atom is -0.370 e. The summed E-state index contributed by atoms with van der Waals surface area (Å²) in [5.74, 6) is 1.02. The molecule has 5 rings (SSSR count). The van der Waals surface area contributed by atoms with Gasteiger partial charge in [0.2, 0.25) is 0 Å². The second kappa shape index (κ2) is 11.2. The van der Waals surface area contributed by atoms with Crippen LogP contribution in [0.4, 0.5) is 15.8 Å². The fraction of sp³-hybridized carbons (Fsp3) is 0.483. The van der Waals surface area contributed by atoms with Crippen LogP contribution in [0.2, 0.25) is 0 Å². The van der Waals surface area contributed by atoms with Crippen LogP contribution in [-0.2, 0) is 7.05 Å². The number of halogens is 1. The van der Waals surface area contributed by atoms with Gasteiger partial charge in [0.05, 0.1) is 11.2 Å². The average molecular weight is 554 g/mol. The van der Waals surface area contributed by atoms with Crippen LogP contribution in [0.25, 0.3) is 11.0 Å². The van der Waals surface area contributed by atoms with Crippen molar-refractivity contribution in [3.8, 4) is 6.07 Å². The first-order valence-electron chi connectivity index (χ1n) is 13.5. The van der Waals surface area contributed by atoms with Gasteiger partial charge in [-0.15, -0.1) is 0 Å². The van der Waals surface area contributed by atoms with Crippen molar-refractivity contribution < 1.29 is 13.5 Å². The number of aromatic nitrogens is 2. The van der Waals surface area contributed by atoms with E-state index < -0.39 is 10.6 Å². The minimum atomic E-state index is -2.44. The van der Waals surface area contributed by atoms with E-state index in [4.69, 9.17) is 0 Å². The second-order valence-corrected chi connectivity index (χ2v) is 13.4. The standard InChI is InChI=1S/C29H36FN5O3S/c1-33(27-17-28(36)34(2)26-12-5-22(18-31)32-29(26)27)23-8-10-25(11-9-23)35(24-6-3-21(30)4-7-24)19-20-13-15-39(37,38)16-14-20/h3-7,12,17,20,23,25,37-38H,8-11,13-16,19H2,1-2H3. The summed E-state index contributed by atoms with van der Waals surface area (Å²) >= 11 is 0. The molecule has 0 atom stereocenters. The maximum absolute atomic E-state index is 13.7. The summed E-state index contributed by atoms with van der Waals surface area (Å²) in [6.45, 7) is 0.812. The first-order valence-corrected chi connectivity index (χ1v) is 15.4. The van der Waals surface area contributed by atoms with E-state index >= 15 is 0 Å². The second-order valence-electron chi connectivity index (χ2n) is 11.0. The molecule has 1 aliphatic heterocycles. The molecule has 2 N–H and O–H groups in total. The highest BCUT2D eigenvalue weighted by molar-refractivity contribution is 8.24. The van der Waals surface area contributed by atoms with Gasteiger partial charge < -0.3 is 14.4 Å². The van der Waals surface area contributed by atoms with E-state index in [1.165, 1.54) is 12.1 Å². The molecule has 1 saturated carbocycles. The quantitative estimate of drug-likeness (QED) is 0.423. The average Bonchev–Trinajstić information content (AvgIpc) is 2.94. The maximum Gasteiger partial charge on any atom is 0.252 e. The number of fused-ring (bicyclic) bond motifs is 1. The number of nitrogens with zero attached hydrogens (tertiary/aromatic N) is 5. The van der Waals surface area contributed by atoms with Gasteiger partial charge in [0.25, 0.3) is 5.56 Å². The van der Waals surface area contributed by atoms with Gasteiger partial charge in [-0.05, 0) is 80.8 Å². The number of benzene rings is 1. The number of aryl methyl sites for hydroxylation is 1. The highest BCUT2D eigenvalue weighted by Crippen LogP contribution is 2.46. The molecule has 208 valence electrons. The van der Waals surface area contributed by atoms with E-state index in [9.17, 15) is 23.6 Å². The van der Waals surface area contributed by atoms with Crippen LogP contribution < -0.4 is 15.4 Å². The molecule has 3 aromatic rings. The molecule has 1 saturated heterocycles. The molecule has 0 amide bonds. The number of anilines is 2. The van der Waals surface area contributed by atoms with Crippen molar-refractivity contribution in [2.45, 2.75) is 50.6 Å². The lowest BCUT2D eigenvalue weighted by molar-refractivity contribution is 0.344. The highest BCUT2D eigenvalue weighted by Gasteiger charge is 2.32. The highest BCUT2D eigenvalue weighted by atomic mass is 32.3. The predicted octanol–water partition coefficient (Wildman–Crippen LogP) is 5.36. The molecule has 39 heavy (non-hydrogen) atoms. The molecule has 3 heterocycles. The molecule has 0 spiro atoms. The molecule has 2 aromatic heterocycles. The predicted molar refractivity (Wildman–Crippen MR) is 155 cm³/mol. The van der Waals surface area contributed by atoms with Crippen molar-refractivity contribution in [3.05, 3.63) is 64.3 Å². The summed E-state index contributed by atoms with van der Waals surface area (Å²) in [6.07, 6.45) is 5.27. The van der Waals surface area contributed by atoms with Gasteiger partial charge in [-0.25, -0.2) is 9.37 Å². The molecule has 1 aromatic carbocycles. The molecular formula is C29H36FN5O3S. The lowest BCUT2D eigenvalue weighted by Crippen LogP contribution is -2.45. The van der Waals surface area contributed by atoms with Crippen molar-refractivity contribution in [1.29, 1.82) is 5.26 Å². The van der Waals surface area contributed by atoms with Gasteiger partial charge in [-0.3, -0.25) is 13.9 Å². The smallest absolute Gasteiger partial charge is 0.252 e. The van der Waals surface area contributed by atoms with Crippen molar-refractivity contribution in [3.63, 3.8) is 0 Å². The fourth-order valence-corrected chi connectivity index (χ4v) is 7.74. The summed E-state index contributed by atoms with van der Waals surface area (Å²) in [5.41, 5.74) is 3.29. The first kappa shape index (κ1) is 27.4. The minimum absolute atomic E-state index is 0.115. The Balaban J connectivity index is 1.34. The first-order chi connectivity index (χ1) is 18.6. The van der Waals surface area contributed by atoms with Gasteiger partial charge in [-0.1, -0.05) is 0 Å². The summed E-state index contributed by atoms with van der Waals surface area (Å²) in [4.78, 5) is 21.8. The molecule has 2 aliphatic rings. The summed E-state index contributed by atoms with van der Waals surface area (Å²) in [7, 11) is 1.28. The van der Waals surface area contributed by atoms with Crippen molar-refractivity contribution in [1.82, 2.24) is 9.55 Å². The Morgan fingerprint density at radius 2 is 1.69 bits per heavy atom. The van der Waals surface area contributed by atoms with Crippen molar-refractivity contribution >= 4 is 33.0 Å². The van der Waals surface area contributed by atoms with Crippen LogP contribution in [0.3, 0.4) is 0 Å². The van der Waals surface area contributed by atoms with Crippen molar-refractivity contribution in [2.24, 2.45) is 13.0 Å².